The van der Waals surface area contributed by atoms with Crippen LogP contribution in [0.25, 0.3) is 0 Å². The molecule has 5 nitrogen and oxygen atoms in total. The number of rotatable bonds is 4. The molecule has 24 heavy (non-hydrogen) atoms. The first kappa shape index (κ1) is 17.8. The smallest absolute Gasteiger partial charge is 0.299 e. The third-order valence-electron chi connectivity index (χ3n) is 4.43. The molecule has 8 heteroatoms. The van der Waals surface area contributed by atoms with Crippen LogP contribution >= 0.6 is 0 Å². The lowest BCUT2D eigenvalue weighted by atomic mass is 9.68. The Morgan fingerprint density at radius 2 is 1.83 bits per heavy atom. The summed E-state index contributed by atoms with van der Waals surface area (Å²) < 4.78 is 39.4. The van der Waals surface area contributed by atoms with Crippen molar-refractivity contribution >= 4 is 17.3 Å². The van der Waals surface area contributed by atoms with E-state index < -0.39 is 46.0 Å². The van der Waals surface area contributed by atoms with Gasteiger partial charge in [0.1, 0.15) is 17.0 Å². The quantitative estimate of drug-likeness (QED) is 0.362. The van der Waals surface area contributed by atoms with Crippen molar-refractivity contribution < 1.29 is 27.7 Å². The van der Waals surface area contributed by atoms with E-state index in [9.17, 15) is 32.9 Å². The highest BCUT2D eigenvalue weighted by molar-refractivity contribution is 6.07. The molecule has 0 bridgehead atoms. The Balaban J connectivity index is 2.66. The van der Waals surface area contributed by atoms with E-state index in [2.05, 4.69) is 0 Å². The maximum atomic E-state index is 13.1. The van der Waals surface area contributed by atoms with Gasteiger partial charge in [-0.2, -0.15) is 13.2 Å². The van der Waals surface area contributed by atoms with Gasteiger partial charge in [-0.15, -0.1) is 0 Å². The summed E-state index contributed by atoms with van der Waals surface area (Å²) >= 11 is 0. The number of ketones is 2. The zero-order valence-electron chi connectivity index (χ0n) is 12.9. The highest BCUT2D eigenvalue weighted by Gasteiger charge is 2.55. The molecule has 1 aliphatic rings. The molecule has 2 rings (SSSR count). The lowest BCUT2D eigenvalue weighted by Gasteiger charge is -2.31. The molecular formula is C16H14F3NO4. The first-order chi connectivity index (χ1) is 11.0. The Morgan fingerprint density at radius 1 is 1.25 bits per heavy atom. The van der Waals surface area contributed by atoms with Gasteiger partial charge in [-0.05, 0) is 25.8 Å². The number of Topliss-reactive ketones (excluding diaryl/α,β-unsaturated/α-hetero) is 2. The van der Waals surface area contributed by atoms with Gasteiger partial charge >= 0.3 is 6.18 Å². The molecule has 0 fully saturated rings. The SMILES string of the molecule is CC(=O)C1(C(C)=O)CC(C(F)(F)F)=CC1c1cccc([N+](=O)[O-])c1. The Kier molecular flexibility index (Phi) is 4.34. The number of benzene rings is 1. The summed E-state index contributed by atoms with van der Waals surface area (Å²) in [6, 6.07) is 4.99. The molecule has 0 aliphatic heterocycles. The van der Waals surface area contributed by atoms with Crippen molar-refractivity contribution in [1.29, 1.82) is 0 Å². The minimum Gasteiger partial charge on any atom is -0.299 e. The summed E-state index contributed by atoms with van der Waals surface area (Å²) in [5.74, 6) is -2.58. The first-order valence-electron chi connectivity index (χ1n) is 7.04. The van der Waals surface area contributed by atoms with Gasteiger partial charge < -0.3 is 0 Å². The number of alkyl halides is 3. The summed E-state index contributed by atoms with van der Waals surface area (Å²) in [5, 5.41) is 10.9. The zero-order valence-corrected chi connectivity index (χ0v) is 12.9. The van der Waals surface area contributed by atoms with Crippen LogP contribution < -0.4 is 0 Å². The van der Waals surface area contributed by atoms with E-state index in [4.69, 9.17) is 0 Å². The Hall–Kier alpha value is -2.51. The number of non-ortho nitro benzene ring substituents is 1. The Bertz CT molecular complexity index is 738. The molecule has 0 aromatic heterocycles. The molecule has 128 valence electrons. The third-order valence-corrected chi connectivity index (χ3v) is 4.43. The van der Waals surface area contributed by atoms with E-state index in [1.165, 1.54) is 18.2 Å². The van der Waals surface area contributed by atoms with Crippen molar-refractivity contribution in [3.05, 3.63) is 51.6 Å². The van der Waals surface area contributed by atoms with Crippen LogP contribution in [-0.2, 0) is 9.59 Å². The normalized spacial score (nSPS) is 19.7. The molecular weight excluding hydrogens is 327 g/mol. The van der Waals surface area contributed by atoms with Crippen LogP contribution in [0.2, 0.25) is 0 Å². The van der Waals surface area contributed by atoms with Crippen molar-refractivity contribution in [3.8, 4) is 0 Å². The third kappa shape index (κ3) is 2.83. The van der Waals surface area contributed by atoms with Gasteiger partial charge in [0.25, 0.3) is 5.69 Å². The monoisotopic (exact) mass is 341 g/mol. The molecule has 0 amide bonds. The lowest BCUT2D eigenvalue weighted by molar-refractivity contribution is -0.384. The van der Waals surface area contributed by atoms with Gasteiger partial charge in [-0.3, -0.25) is 19.7 Å². The summed E-state index contributed by atoms with van der Waals surface area (Å²) in [4.78, 5) is 34.5. The molecule has 1 aliphatic carbocycles. The fourth-order valence-electron chi connectivity index (χ4n) is 3.15. The van der Waals surface area contributed by atoms with Crippen molar-refractivity contribution in [2.75, 3.05) is 0 Å². The minimum atomic E-state index is -4.67. The maximum absolute atomic E-state index is 13.1. The largest absolute Gasteiger partial charge is 0.412 e. The minimum absolute atomic E-state index is 0.133. The number of hydrogen-bond donors (Lipinski definition) is 0. The standard InChI is InChI=1S/C16H14F3NO4/c1-9(21)15(10(2)22)8-12(16(17,18)19)7-14(15)11-4-3-5-13(6-11)20(23)24/h3-7,14H,8H2,1-2H3. The zero-order chi connectivity index (χ0) is 18.3. The summed E-state index contributed by atoms with van der Waals surface area (Å²) in [7, 11) is 0. The van der Waals surface area contributed by atoms with Crippen LogP contribution in [0.3, 0.4) is 0 Å². The number of halogens is 3. The second kappa shape index (κ2) is 5.85. The Morgan fingerprint density at radius 3 is 2.29 bits per heavy atom. The van der Waals surface area contributed by atoms with Gasteiger partial charge in [0, 0.05) is 23.6 Å². The molecule has 1 unspecified atom stereocenters. The van der Waals surface area contributed by atoms with Crippen LogP contribution in [0.4, 0.5) is 18.9 Å². The fraction of sp³-hybridized carbons (Fsp3) is 0.375. The summed E-state index contributed by atoms with van der Waals surface area (Å²) in [6.07, 6.45) is -4.60. The van der Waals surface area contributed by atoms with Crippen LogP contribution in [0.5, 0.6) is 0 Å². The number of allylic oxidation sites excluding steroid dienone is 2. The lowest BCUT2D eigenvalue weighted by Crippen LogP contribution is -2.40. The second-order valence-corrected chi connectivity index (χ2v) is 5.78. The van der Waals surface area contributed by atoms with Crippen LogP contribution in [0.1, 0.15) is 31.7 Å². The van der Waals surface area contributed by atoms with Gasteiger partial charge in [0.2, 0.25) is 0 Å². The highest BCUT2D eigenvalue weighted by Crippen LogP contribution is 2.53. The van der Waals surface area contributed by atoms with E-state index in [1.807, 2.05) is 0 Å². The van der Waals surface area contributed by atoms with Crippen molar-refractivity contribution in [2.24, 2.45) is 5.41 Å². The average Bonchev–Trinajstić information content (AvgIpc) is 2.89. The molecule has 0 N–H and O–H groups in total. The average molecular weight is 341 g/mol. The van der Waals surface area contributed by atoms with Crippen LogP contribution in [-0.4, -0.2) is 22.7 Å². The number of nitro benzene ring substituents is 1. The van der Waals surface area contributed by atoms with Gasteiger partial charge in [-0.25, -0.2) is 0 Å². The van der Waals surface area contributed by atoms with Gasteiger partial charge in [0.05, 0.1) is 4.92 Å². The Labute approximate surface area is 135 Å². The van der Waals surface area contributed by atoms with Crippen LogP contribution in [0, 0.1) is 15.5 Å². The maximum Gasteiger partial charge on any atom is 0.412 e. The van der Waals surface area contributed by atoms with E-state index in [0.29, 0.717) is 0 Å². The van der Waals surface area contributed by atoms with Crippen molar-refractivity contribution in [3.63, 3.8) is 0 Å². The van der Waals surface area contributed by atoms with Crippen molar-refractivity contribution in [2.45, 2.75) is 32.4 Å². The van der Waals surface area contributed by atoms with E-state index >= 15 is 0 Å². The topological polar surface area (TPSA) is 77.3 Å². The summed E-state index contributed by atoms with van der Waals surface area (Å²) in [5.41, 5.74) is -3.04. The molecule has 0 radical (unpaired) electrons. The predicted molar refractivity (Wildman–Crippen MR) is 78.4 cm³/mol. The number of hydrogen-bond acceptors (Lipinski definition) is 4. The molecule has 0 spiro atoms. The highest BCUT2D eigenvalue weighted by atomic mass is 19.4. The number of nitrogens with zero attached hydrogens (tertiary/aromatic N) is 1. The number of carbonyl (C=O) groups excluding carboxylic acids is 2. The molecule has 1 aromatic carbocycles. The number of nitro groups is 1. The predicted octanol–water partition coefficient (Wildman–Crippen LogP) is 3.74. The first-order valence-corrected chi connectivity index (χ1v) is 7.04. The van der Waals surface area contributed by atoms with E-state index in [-0.39, 0.29) is 11.3 Å². The molecule has 0 saturated heterocycles. The van der Waals surface area contributed by atoms with Crippen LogP contribution in [0.15, 0.2) is 35.9 Å². The molecule has 0 heterocycles. The molecule has 0 saturated carbocycles. The summed E-state index contributed by atoms with van der Waals surface area (Å²) in [6.45, 7) is 2.14. The van der Waals surface area contributed by atoms with E-state index in [0.717, 1.165) is 26.0 Å². The molecule has 1 atom stereocenters. The van der Waals surface area contributed by atoms with Gasteiger partial charge in [-0.1, -0.05) is 18.2 Å². The molecule has 1 aromatic rings. The van der Waals surface area contributed by atoms with Crippen molar-refractivity contribution in [1.82, 2.24) is 0 Å². The van der Waals surface area contributed by atoms with E-state index in [1.54, 1.807) is 0 Å². The van der Waals surface area contributed by atoms with Gasteiger partial charge in [0.15, 0.2) is 0 Å². The second-order valence-electron chi connectivity index (χ2n) is 5.78. The number of carbonyl (C=O) groups is 2. The fourth-order valence-corrected chi connectivity index (χ4v) is 3.15.